The average molecular weight is 318 g/mol. The Hall–Kier alpha value is -1.06. The number of aliphatic hydroxyl groups is 2. The molecule has 2 aliphatic rings. The van der Waals surface area contributed by atoms with E-state index in [0.29, 0.717) is 12.2 Å². The Bertz CT molecular complexity index is 620. The smallest absolute Gasteiger partial charge is 0.119 e. The lowest BCUT2D eigenvalue weighted by Gasteiger charge is -2.58. The van der Waals surface area contributed by atoms with Gasteiger partial charge in [-0.25, -0.2) is 0 Å². The van der Waals surface area contributed by atoms with Gasteiger partial charge in [-0.1, -0.05) is 40.7 Å². The highest BCUT2D eigenvalue weighted by Gasteiger charge is 2.57. The molecule has 1 saturated carbocycles. The summed E-state index contributed by atoms with van der Waals surface area (Å²) < 4.78 is 0. The third-order valence-corrected chi connectivity index (χ3v) is 6.79. The fourth-order valence-electron chi connectivity index (χ4n) is 5.40. The Kier molecular flexibility index (Phi) is 3.81. The van der Waals surface area contributed by atoms with Gasteiger partial charge in [-0.05, 0) is 52.8 Å². The van der Waals surface area contributed by atoms with Gasteiger partial charge in [-0.2, -0.15) is 0 Å². The lowest BCUT2D eigenvalue weighted by atomic mass is 9.48. The monoisotopic (exact) mass is 318 g/mol. The topological polar surface area (TPSA) is 60.7 Å². The van der Waals surface area contributed by atoms with Crippen LogP contribution in [-0.4, -0.2) is 27.5 Å². The molecule has 3 rings (SSSR count). The summed E-state index contributed by atoms with van der Waals surface area (Å²) in [5, 5.41) is 31.7. The Morgan fingerprint density at radius 1 is 1.09 bits per heavy atom. The van der Waals surface area contributed by atoms with E-state index in [1.807, 2.05) is 6.07 Å². The van der Waals surface area contributed by atoms with Crippen molar-refractivity contribution in [3.05, 3.63) is 28.8 Å². The molecular weight excluding hydrogens is 288 g/mol. The minimum atomic E-state index is -0.556. The average Bonchev–Trinajstić information content (AvgIpc) is 2.44. The molecule has 3 heteroatoms. The number of fused-ring (bicyclic) bond motifs is 3. The second kappa shape index (κ2) is 5.22. The summed E-state index contributed by atoms with van der Waals surface area (Å²) in [5.41, 5.74) is 2.82. The molecule has 3 N–H and O–H groups in total. The van der Waals surface area contributed by atoms with Crippen LogP contribution in [0.3, 0.4) is 0 Å². The predicted molar refractivity (Wildman–Crippen MR) is 91.8 cm³/mol. The van der Waals surface area contributed by atoms with Gasteiger partial charge >= 0.3 is 0 Å². The van der Waals surface area contributed by atoms with Crippen LogP contribution in [0.4, 0.5) is 0 Å². The first-order chi connectivity index (χ1) is 10.6. The van der Waals surface area contributed by atoms with E-state index in [0.717, 1.165) is 18.4 Å². The molecule has 3 nitrogen and oxygen atoms in total. The quantitative estimate of drug-likeness (QED) is 0.743. The summed E-state index contributed by atoms with van der Waals surface area (Å²) in [7, 11) is 0. The van der Waals surface area contributed by atoms with Gasteiger partial charge < -0.3 is 15.3 Å². The number of phenolic OH excluding ortho intramolecular Hbond substituents is 1. The zero-order valence-electron chi connectivity index (χ0n) is 14.9. The normalized spacial score (nSPS) is 35.7. The second-order valence-corrected chi connectivity index (χ2v) is 8.64. The van der Waals surface area contributed by atoms with Gasteiger partial charge in [-0.3, -0.25) is 0 Å². The standard InChI is InChI=1S/C20H30O3/c1-11(2)18-12-6-9-15-19(3,4)16(22)10-17(23)20(15,5)13(12)7-8-14(18)21/h7-8,11,15-17,21-23H,6,9-10H2,1-5H3. The van der Waals surface area contributed by atoms with E-state index < -0.39 is 12.2 Å². The number of aromatic hydroxyl groups is 1. The van der Waals surface area contributed by atoms with Crippen LogP contribution in [0.5, 0.6) is 5.75 Å². The zero-order chi connectivity index (χ0) is 17.2. The molecule has 1 aromatic carbocycles. The maximum atomic E-state index is 10.9. The van der Waals surface area contributed by atoms with Crippen molar-refractivity contribution >= 4 is 0 Å². The third kappa shape index (κ3) is 2.16. The van der Waals surface area contributed by atoms with Crippen LogP contribution in [0.15, 0.2) is 12.1 Å². The zero-order valence-corrected chi connectivity index (χ0v) is 14.9. The molecular formula is C20H30O3. The molecule has 0 saturated heterocycles. The highest BCUT2D eigenvalue weighted by Crippen LogP contribution is 2.58. The Morgan fingerprint density at radius 3 is 2.35 bits per heavy atom. The van der Waals surface area contributed by atoms with E-state index in [1.54, 1.807) is 6.07 Å². The van der Waals surface area contributed by atoms with Crippen LogP contribution in [0.25, 0.3) is 0 Å². The number of hydrogen-bond acceptors (Lipinski definition) is 3. The van der Waals surface area contributed by atoms with Gasteiger partial charge in [0.1, 0.15) is 5.75 Å². The Balaban J connectivity index is 2.22. The van der Waals surface area contributed by atoms with Crippen LogP contribution in [0.2, 0.25) is 0 Å². The van der Waals surface area contributed by atoms with Crippen molar-refractivity contribution in [1.29, 1.82) is 0 Å². The SMILES string of the molecule is CC(C)c1c(O)ccc2c1CCC1C(C)(C)C(O)CC(O)C21C. The summed E-state index contributed by atoms with van der Waals surface area (Å²) in [4.78, 5) is 0. The van der Waals surface area contributed by atoms with Crippen molar-refractivity contribution in [3.63, 3.8) is 0 Å². The molecule has 0 radical (unpaired) electrons. The molecule has 0 spiro atoms. The van der Waals surface area contributed by atoms with Crippen molar-refractivity contribution in [2.24, 2.45) is 11.3 Å². The lowest BCUT2D eigenvalue weighted by molar-refractivity contribution is -0.131. The maximum absolute atomic E-state index is 10.9. The molecule has 2 aliphatic carbocycles. The van der Waals surface area contributed by atoms with E-state index >= 15 is 0 Å². The summed E-state index contributed by atoms with van der Waals surface area (Å²) in [6.07, 6.45) is 1.23. The van der Waals surface area contributed by atoms with E-state index in [-0.39, 0.29) is 22.7 Å². The fraction of sp³-hybridized carbons (Fsp3) is 0.700. The molecule has 0 heterocycles. The van der Waals surface area contributed by atoms with E-state index in [4.69, 9.17) is 0 Å². The van der Waals surface area contributed by atoms with E-state index in [2.05, 4.69) is 34.6 Å². The number of benzene rings is 1. The lowest BCUT2D eigenvalue weighted by Crippen LogP contribution is -2.60. The first-order valence-electron chi connectivity index (χ1n) is 8.83. The molecule has 4 atom stereocenters. The molecule has 23 heavy (non-hydrogen) atoms. The van der Waals surface area contributed by atoms with Crippen molar-refractivity contribution in [2.45, 2.75) is 77.4 Å². The minimum absolute atomic E-state index is 0.221. The number of phenols is 1. The molecule has 128 valence electrons. The molecule has 1 aromatic rings. The summed E-state index contributed by atoms with van der Waals surface area (Å²) in [6, 6.07) is 3.78. The molecule has 0 bridgehead atoms. The summed E-state index contributed by atoms with van der Waals surface area (Å²) in [6.45, 7) is 10.6. The van der Waals surface area contributed by atoms with Crippen molar-refractivity contribution in [1.82, 2.24) is 0 Å². The first-order valence-corrected chi connectivity index (χ1v) is 8.83. The van der Waals surface area contributed by atoms with Crippen molar-refractivity contribution in [2.75, 3.05) is 0 Å². The van der Waals surface area contributed by atoms with Crippen LogP contribution in [0.1, 0.15) is 70.1 Å². The Labute approximate surface area is 139 Å². The van der Waals surface area contributed by atoms with Gasteiger partial charge in [0.2, 0.25) is 0 Å². The van der Waals surface area contributed by atoms with Gasteiger partial charge in [0.15, 0.2) is 0 Å². The van der Waals surface area contributed by atoms with Crippen LogP contribution in [-0.2, 0) is 11.8 Å². The van der Waals surface area contributed by atoms with Gasteiger partial charge in [-0.15, -0.1) is 0 Å². The maximum Gasteiger partial charge on any atom is 0.119 e. The van der Waals surface area contributed by atoms with Crippen LogP contribution < -0.4 is 0 Å². The highest BCUT2D eigenvalue weighted by molar-refractivity contribution is 5.51. The molecule has 0 amide bonds. The van der Waals surface area contributed by atoms with E-state index in [9.17, 15) is 15.3 Å². The first kappa shape index (κ1) is 16.8. The van der Waals surface area contributed by atoms with Gasteiger partial charge in [0.05, 0.1) is 12.2 Å². The number of rotatable bonds is 1. The number of aliphatic hydroxyl groups excluding tert-OH is 2. The summed E-state index contributed by atoms with van der Waals surface area (Å²) in [5.74, 6) is 0.848. The van der Waals surface area contributed by atoms with Gasteiger partial charge in [0.25, 0.3) is 0 Å². The summed E-state index contributed by atoms with van der Waals surface area (Å²) >= 11 is 0. The van der Waals surface area contributed by atoms with Crippen LogP contribution in [0, 0.1) is 11.3 Å². The Morgan fingerprint density at radius 2 is 1.74 bits per heavy atom. The van der Waals surface area contributed by atoms with Gasteiger partial charge in [0, 0.05) is 11.8 Å². The third-order valence-electron chi connectivity index (χ3n) is 6.79. The number of hydrogen-bond donors (Lipinski definition) is 3. The molecule has 0 aromatic heterocycles. The fourth-order valence-corrected chi connectivity index (χ4v) is 5.40. The highest BCUT2D eigenvalue weighted by atomic mass is 16.3. The van der Waals surface area contributed by atoms with E-state index in [1.165, 1.54) is 11.1 Å². The largest absolute Gasteiger partial charge is 0.508 e. The van der Waals surface area contributed by atoms with Crippen molar-refractivity contribution in [3.8, 4) is 5.75 Å². The minimum Gasteiger partial charge on any atom is -0.508 e. The molecule has 4 unspecified atom stereocenters. The second-order valence-electron chi connectivity index (χ2n) is 8.64. The van der Waals surface area contributed by atoms with Crippen LogP contribution >= 0.6 is 0 Å². The molecule has 0 aliphatic heterocycles. The van der Waals surface area contributed by atoms with Crippen molar-refractivity contribution < 1.29 is 15.3 Å². The molecule has 1 fully saturated rings. The predicted octanol–water partition coefficient (Wildman–Crippen LogP) is 3.49.